The monoisotopic (exact) mass is 462 g/mol. The molecule has 3 aromatic rings. The Morgan fingerprint density at radius 3 is 2.44 bits per heavy atom. The zero-order chi connectivity index (χ0) is 23.8. The summed E-state index contributed by atoms with van der Waals surface area (Å²) in [6, 6.07) is 17.0. The van der Waals surface area contributed by atoms with E-state index in [-0.39, 0.29) is 36.1 Å². The molecule has 4 N–H and O–H groups in total. The van der Waals surface area contributed by atoms with E-state index in [1.54, 1.807) is 60.7 Å². The molecule has 3 amide bonds. The van der Waals surface area contributed by atoms with E-state index < -0.39 is 0 Å². The quantitative estimate of drug-likeness (QED) is 0.386. The van der Waals surface area contributed by atoms with Gasteiger partial charge < -0.3 is 30.4 Å². The second-order valence-corrected chi connectivity index (χ2v) is 7.84. The molecule has 0 radical (unpaired) electrons. The van der Waals surface area contributed by atoms with Crippen molar-refractivity contribution in [3.63, 3.8) is 0 Å². The molecule has 1 fully saturated rings. The highest BCUT2D eigenvalue weighted by Gasteiger charge is 2.17. The van der Waals surface area contributed by atoms with Gasteiger partial charge in [0.05, 0.1) is 18.9 Å². The van der Waals surface area contributed by atoms with Crippen LogP contribution >= 0.6 is 0 Å². The number of furan rings is 1. The fourth-order valence-electron chi connectivity index (χ4n) is 3.55. The number of rotatable bonds is 9. The Bertz CT molecular complexity index is 1140. The van der Waals surface area contributed by atoms with Gasteiger partial charge in [-0.05, 0) is 61.4 Å². The molecule has 0 aliphatic carbocycles. The molecule has 176 valence electrons. The molecule has 1 aliphatic rings. The summed E-state index contributed by atoms with van der Waals surface area (Å²) in [5.41, 5.74) is 2.21. The van der Waals surface area contributed by atoms with Crippen molar-refractivity contribution >= 4 is 34.8 Å². The predicted molar refractivity (Wildman–Crippen MR) is 128 cm³/mol. The van der Waals surface area contributed by atoms with Crippen LogP contribution in [-0.2, 0) is 9.53 Å². The van der Waals surface area contributed by atoms with Gasteiger partial charge in [0, 0.05) is 35.8 Å². The first-order valence-electron chi connectivity index (χ1n) is 11.1. The summed E-state index contributed by atoms with van der Waals surface area (Å²) >= 11 is 0. The summed E-state index contributed by atoms with van der Waals surface area (Å²) in [5, 5.41) is 11.4. The average molecular weight is 463 g/mol. The maximum absolute atomic E-state index is 12.4. The Morgan fingerprint density at radius 2 is 1.68 bits per heavy atom. The van der Waals surface area contributed by atoms with Crippen LogP contribution in [-0.4, -0.2) is 43.5 Å². The number of hydrogen-bond acceptors (Lipinski definition) is 6. The minimum absolute atomic E-state index is 0.00394. The standard InChI is InChI=1S/C25H26N4O5/c30-23(28-19-7-2-8-20(14-19)29-25(32)22-10-4-12-34-22)16-26-18-6-1-5-17(13-18)24(31)27-15-21-9-3-11-33-21/h1-2,4-8,10,12-14,21,26H,3,9,11,15-16H2,(H,27,31)(H,28,30)(H,29,32). The van der Waals surface area contributed by atoms with Gasteiger partial charge in [-0.25, -0.2) is 0 Å². The Labute approximate surface area is 196 Å². The second kappa shape index (κ2) is 11.2. The lowest BCUT2D eigenvalue weighted by Gasteiger charge is -2.12. The van der Waals surface area contributed by atoms with Crippen molar-refractivity contribution in [1.29, 1.82) is 0 Å². The second-order valence-electron chi connectivity index (χ2n) is 7.84. The summed E-state index contributed by atoms with van der Waals surface area (Å²) in [6.45, 7) is 1.23. The molecule has 0 saturated carbocycles. The lowest BCUT2D eigenvalue weighted by molar-refractivity contribution is -0.114. The number of ether oxygens (including phenoxy) is 1. The zero-order valence-electron chi connectivity index (χ0n) is 18.5. The molecule has 1 unspecified atom stereocenters. The largest absolute Gasteiger partial charge is 0.459 e. The number of carbonyl (C=O) groups excluding carboxylic acids is 3. The lowest BCUT2D eigenvalue weighted by Crippen LogP contribution is -2.31. The third kappa shape index (κ3) is 6.46. The van der Waals surface area contributed by atoms with Crippen molar-refractivity contribution in [3.8, 4) is 0 Å². The van der Waals surface area contributed by atoms with Gasteiger partial charge in [0.25, 0.3) is 11.8 Å². The van der Waals surface area contributed by atoms with Gasteiger partial charge in [-0.2, -0.15) is 0 Å². The van der Waals surface area contributed by atoms with Gasteiger partial charge in [0.2, 0.25) is 5.91 Å². The Balaban J connectivity index is 1.26. The number of benzene rings is 2. The van der Waals surface area contributed by atoms with Crippen molar-refractivity contribution in [1.82, 2.24) is 5.32 Å². The van der Waals surface area contributed by atoms with Gasteiger partial charge in [-0.3, -0.25) is 14.4 Å². The van der Waals surface area contributed by atoms with Crippen molar-refractivity contribution in [2.75, 3.05) is 35.6 Å². The first-order chi connectivity index (χ1) is 16.6. The Morgan fingerprint density at radius 1 is 0.882 bits per heavy atom. The van der Waals surface area contributed by atoms with Gasteiger partial charge in [-0.1, -0.05) is 12.1 Å². The number of nitrogens with one attached hydrogen (secondary N) is 4. The third-order valence-electron chi connectivity index (χ3n) is 5.24. The number of amides is 3. The van der Waals surface area contributed by atoms with E-state index >= 15 is 0 Å². The molecule has 1 aliphatic heterocycles. The highest BCUT2D eigenvalue weighted by molar-refractivity contribution is 6.03. The van der Waals surface area contributed by atoms with E-state index in [2.05, 4.69) is 21.3 Å². The van der Waals surface area contributed by atoms with Crippen LogP contribution in [0.2, 0.25) is 0 Å². The molecular formula is C25H26N4O5. The van der Waals surface area contributed by atoms with Crippen molar-refractivity contribution in [2.24, 2.45) is 0 Å². The number of anilines is 3. The summed E-state index contributed by atoms with van der Waals surface area (Å²) in [4.78, 5) is 36.9. The molecule has 0 bridgehead atoms. The summed E-state index contributed by atoms with van der Waals surface area (Å²) in [7, 11) is 0. The van der Waals surface area contributed by atoms with Crippen LogP contribution in [0.4, 0.5) is 17.1 Å². The summed E-state index contributed by atoms with van der Waals surface area (Å²) in [6.07, 6.45) is 3.47. The molecule has 0 spiro atoms. The van der Waals surface area contributed by atoms with E-state index in [1.165, 1.54) is 6.26 Å². The maximum atomic E-state index is 12.4. The molecule has 1 aromatic heterocycles. The fraction of sp³-hybridized carbons (Fsp3) is 0.240. The van der Waals surface area contributed by atoms with Crippen LogP contribution in [0, 0.1) is 0 Å². The normalized spacial score (nSPS) is 14.9. The lowest BCUT2D eigenvalue weighted by atomic mass is 10.1. The average Bonchev–Trinajstić information content (AvgIpc) is 3.56. The molecule has 9 heteroatoms. The topological polar surface area (TPSA) is 122 Å². The zero-order valence-corrected chi connectivity index (χ0v) is 18.5. The summed E-state index contributed by atoms with van der Waals surface area (Å²) < 4.78 is 10.6. The van der Waals surface area contributed by atoms with Crippen LogP contribution in [0.3, 0.4) is 0 Å². The highest BCUT2D eigenvalue weighted by Crippen LogP contribution is 2.17. The van der Waals surface area contributed by atoms with Crippen LogP contribution in [0.5, 0.6) is 0 Å². The SMILES string of the molecule is O=C(CNc1cccc(C(=O)NCC2CCCO2)c1)Nc1cccc(NC(=O)c2ccco2)c1. The van der Waals surface area contributed by atoms with Gasteiger partial charge >= 0.3 is 0 Å². The molecule has 2 heterocycles. The highest BCUT2D eigenvalue weighted by atomic mass is 16.5. The van der Waals surface area contributed by atoms with E-state index in [0.717, 1.165) is 19.4 Å². The fourth-order valence-corrected chi connectivity index (χ4v) is 3.55. The number of carbonyl (C=O) groups is 3. The molecule has 9 nitrogen and oxygen atoms in total. The predicted octanol–water partition coefficient (Wildman–Crippen LogP) is 3.49. The molecule has 1 saturated heterocycles. The molecule has 34 heavy (non-hydrogen) atoms. The summed E-state index contributed by atoms with van der Waals surface area (Å²) in [5.74, 6) is -0.643. The smallest absolute Gasteiger partial charge is 0.291 e. The third-order valence-corrected chi connectivity index (χ3v) is 5.24. The van der Waals surface area contributed by atoms with Crippen LogP contribution in [0.1, 0.15) is 33.8 Å². The van der Waals surface area contributed by atoms with Crippen LogP contribution in [0.15, 0.2) is 71.3 Å². The molecule has 2 aromatic carbocycles. The van der Waals surface area contributed by atoms with Gasteiger partial charge in [0.15, 0.2) is 5.76 Å². The van der Waals surface area contributed by atoms with Crippen molar-refractivity contribution in [2.45, 2.75) is 18.9 Å². The minimum Gasteiger partial charge on any atom is -0.459 e. The Kier molecular flexibility index (Phi) is 7.56. The van der Waals surface area contributed by atoms with Gasteiger partial charge in [0.1, 0.15) is 0 Å². The van der Waals surface area contributed by atoms with E-state index in [1.807, 2.05) is 0 Å². The minimum atomic E-state index is -0.380. The molecular weight excluding hydrogens is 436 g/mol. The van der Waals surface area contributed by atoms with Crippen LogP contribution < -0.4 is 21.3 Å². The first kappa shape index (κ1) is 23.1. The van der Waals surface area contributed by atoms with Crippen molar-refractivity contribution < 1.29 is 23.5 Å². The van der Waals surface area contributed by atoms with E-state index in [4.69, 9.17) is 9.15 Å². The molecule has 4 rings (SSSR count). The van der Waals surface area contributed by atoms with Gasteiger partial charge in [-0.15, -0.1) is 0 Å². The maximum Gasteiger partial charge on any atom is 0.291 e. The Hall–Kier alpha value is -4.11. The van der Waals surface area contributed by atoms with Crippen LogP contribution in [0.25, 0.3) is 0 Å². The van der Waals surface area contributed by atoms with Crippen molar-refractivity contribution in [3.05, 3.63) is 78.3 Å². The van der Waals surface area contributed by atoms with E-state index in [9.17, 15) is 14.4 Å². The van der Waals surface area contributed by atoms with E-state index in [0.29, 0.717) is 29.2 Å². The molecule has 1 atom stereocenters. The number of hydrogen-bond donors (Lipinski definition) is 4. The first-order valence-corrected chi connectivity index (χ1v) is 11.1.